The molecule has 0 saturated heterocycles. The van der Waals surface area contributed by atoms with E-state index in [-0.39, 0.29) is 11.9 Å². The van der Waals surface area contributed by atoms with E-state index in [0.29, 0.717) is 28.8 Å². The van der Waals surface area contributed by atoms with Crippen molar-refractivity contribution in [2.45, 2.75) is 17.5 Å². The molecule has 0 aliphatic heterocycles. The number of benzene rings is 1. The lowest BCUT2D eigenvalue weighted by atomic mass is 10.2. The van der Waals surface area contributed by atoms with Gasteiger partial charge in [0, 0.05) is 17.8 Å². The average molecular weight is 330 g/mol. The molecular formula is C14H17ClFN3OS. The van der Waals surface area contributed by atoms with Crippen molar-refractivity contribution in [2.24, 2.45) is 5.73 Å². The number of nitrogens with two attached hydrogens (primary N) is 1. The fourth-order valence-corrected chi connectivity index (χ4v) is 3.10. The number of methoxy groups -OCH3 is 1. The zero-order chi connectivity index (χ0) is 15.2. The predicted molar refractivity (Wildman–Crippen MR) is 83.2 cm³/mol. The first-order valence-corrected chi connectivity index (χ1v) is 7.83. The smallest absolute Gasteiger partial charge is 0.136 e. The lowest BCUT2D eigenvalue weighted by Crippen LogP contribution is -2.20. The Bertz CT molecular complexity index is 593. The Kier molecular flexibility index (Phi) is 6.05. The van der Waals surface area contributed by atoms with E-state index in [4.69, 9.17) is 22.1 Å². The molecule has 0 fully saturated rings. The highest BCUT2D eigenvalue weighted by Gasteiger charge is 2.17. The van der Waals surface area contributed by atoms with Crippen molar-refractivity contribution in [3.8, 4) is 0 Å². The molecule has 0 bridgehead atoms. The second-order valence-corrected chi connectivity index (χ2v) is 5.91. The average Bonchev–Trinajstić information content (AvgIpc) is 2.85. The molecule has 2 N–H and O–H groups in total. The van der Waals surface area contributed by atoms with Crippen molar-refractivity contribution >= 4 is 23.4 Å². The molecule has 0 saturated carbocycles. The number of hydrogen-bond acceptors (Lipinski definition) is 4. The summed E-state index contributed by atoms with van der Waals surface area (Å²) in [4.78, 5) is 0.576. The third-order valence-electron chi connectivity index (χ3n) is 2.95. The molecule has 1 heterocycles. The summed E-state index contributed by atoms with van der Waals surface area (Å²) in [7, 11) is 1.62. The lowest BCUT2D eigenvalue weighted by Gasteiger charge is -2.15. The van der Waals surface area contributed by atoms with Gasteiger partial charge in [0.05, 0.1) is 36.1 Å². The zero-order valence-electron chi connectivity index (χ0n) is 11.6. The maximum atomic E-state index is 13.6. The quantitative estimate of drug-likeness (QED) is 0.793. The highest BCUT2D eigenvalue weighted by atomic mass is 35.5. The number of hydrogen-bond donors (Lipinski definition) is 1. The minimum absolute atomic E-state index is 0.242. The number of aromatic nitrogens is 2. The molecule has 21 heavy (non-hydrogen) atoms. The normalized spacial score (nSPS) is 12.6. The van der Waals surface area contributed by atoms with Crippen LogP contribution < -0.4 is 5.73 Å². The van der Waals surface area contributed by atoms with Crippen LogP contribution in [0.5, 0.6) is 0 Å². The molecule has 7 heteroatoms. The van der Waals surface area contributed by atoms with E-state index < -0.39 is 0 Å². The van der Waals surface area contributed by atoms with Crippen LogP contribution in [0.1, 0.15) is 11.7 Å². The van der Waals surface area contributed by atoms with Crippen molar-refractivity contribution in [2.75, 3.05) is 19.5 Å². The van der Waals surface area contributed by atoms with Crippen LogP contribution in [-0.4, -0.2) is 29.3 Å². The summed E-state index contributed by atoms with van der Waals surface area (Å²) >= 11 is 7.51. The van der Waals surface area contributed by atoms with Crippen LogP contribution in [0.3, 0.4) is 0 Å². The van der Waals surface area contributed by atoms with Crippen molar-refractivity contribution in [1.82, 2.24) is 9.78 Å². The van der Waals surface area contributed by atoms with Gasteiger partial charge in [-0.15, -0.1) is 11.8 Å². The van der Waals surface area contributed by atoms with E-state index >= 15 is 0 Å². The number of rotatable bonds is 7. The second kappa shape index (κ2) is 7.79. The van der Waals surface area contributed by atoms with Crippen LogP contribution in [0.4, 0.5) is 4.39 Å². The van der Waals surface area contributed by atoms with Crippen LogP contribution in [0.2, 0.25) is 5.02 Å². The van der Waals surface area contributed by atoms with Crippen LogP contribution >= 0.6 is 23.4 Å². The molecule has 0 amide bonds. The molecule has 1 atom stereocenters. The van der Waals surface area contributed by atoms with Crippen molar-refractivity contribution in [1.29, 1.82) is 0 Å². The summed E-state index contributed by atoms with van der Waals surface area (Å²) in [5.41, 5.74) is 6.93. The molecule has 0 radical (unpaired) electrons. The van der Waals surface area contributed by atoms with Crippen molar-refractivity contribution in [3.63, 3.8) is 0 Å². The minimum Gasteiger partial charge on any atom is -0.383 e. The Morgan fingerprint density at radius 1 is 1.48 bits per heavy atom. The van der Waals surface area contributed by atoms with E-state index in [1.165, 1.54) is 17.8 Å². The highest BCUT2D eigenvalue weighted by Crippen LogP contribution is 2.28. The van der Waals surface area contributed by atoms with E-state index in [1.807, 2.05) is 0 Å². The fraction of sp³-hybridized carbons (Fsp3) is 0.357. The maximum Gasteiger partial charge on any atom is 0.136 e. The third kappa shape index (κ3) is 4.20. The van der Waals surface area contributed by atoms with Gasteiger partial charge in [-0.05, 0) is 12.1 Å². The predicted octanol–water partition coefficient (Wildman–Crippen LogP) is 3.11. The van der Waals surface area contributed by atoms with E-state index in [0.717, 1.165) is 5.69 Å². The summed E-state index contributed by atoms with van der Waals surface area (Å²) in [5.74, 6) is 0.271. The van der Waals surface area contributed by atoms with Gasteiger partial charge >= 0.3 is 0 Å². The zero-order valence-corrected chi connectivity index (χ0v) is 13.2. The number of halogens is 2. The van der Waals surface area contributed by atoms with E-state index in [2.05, 4.69) is 5.10 Å². The first kappa shape index (κ1) is 16.3. The molecule has 2 rings (SSSR count). The monoisotopic (exact) mass is 329 g/mol. The van der Waals surface area contributed by atoms with Gasteiger partial charge in [0.25, 0.3) is 0 Å². The Labute approximate surface area is 132 Å². The molecule has 1 aromatic carbocycles. The molecule has 1 unspecified atom stereocenters. The number of nitrogens with zero attached hydrogens (tertiary/aromatic N) is 2. The van der Waals surface area contributed by atoms with Gasteiger partial charge in [0.2, 0.25) is 0 Å². The topological polar surface area (TPSA) is 53.1 Å². The Morgan fingerprint density at radius 3 is 2.95 bits per heavy atom. The summed E-state index contributed by atoms with van der Waals surface area (Å²) < 4.78 is 20.4. The Morgan fingerprint density at radius 2 is 2.24 bits per heavy atom. The first-order chi connectivity index (χ1) is 10.1. The van der Waals surface area contributed by atoms with Gasteiger partial charge in [-0.1, -0.05) is 23.7 Å². The SMILES string of the molecule is COCCn1ncc(Cl)c1C(N)CSc1ccccc1F. The van der Waals surface area contributed by atoms with Crippen LogP contribution in [-0.2, 0) is 11.3 Å². The van der Waals surface area contributed by atoms with Gasteiger partial charge < -0.3 is 10.5 Å². The van der Waals surface area contributed by atoms with Crippen molar-refractivity contribution < 1.29 is 9.13 Å². The fourth-order valence-electron chi connectivity index (χ4n) is 1.92. The third-order valence-corrected chi connectivity index (χ3v) is 4.41. The summed E-state index contributed by atoms with van der Waals surface area (Å²) in [5, 5.41) is 4.71. The summed E-state index contributed by atoms with van der Waals surface area (Å²) in [6.07, 6.45) is 1.57. The maximum absolute atomic E-state index is 13.6. The molecule has 0 aliphatic carbocycles. The van der Waals surface area contributed by atoms with Crippen LogP contribution in [0.25, 0.3) is 0 Å². The lowest BCUT2D eigenvalue weighted by molar-refractivity contribution is 0.182. The van der Waals surface area contributed by atoms with E-state index in [1.54, 1.807) is 36.2 Å². The van der Waals surface area contributed by atoms with E-state index in [9.17, 15) is 4.39 Å². The first-order valence-electron chi connectivity index (χ1n) is 6.46. The molecule has 1 aromatic heterocycles. The standard InChI is InChI=1S/C14H17ClFN3OS/c1-20-7-6-19-14(10(15)8-18-19)12(17)9-21-13-5-3-2-4-11(13)16/h2-5,8,12H,6-7,9,17H2,1H3. The van der Waals surface area contributed by atoms with Crippen molar-refractivity contribution in [3.05, 3.63) is 47.0 Å². The van der Waals surface area contributed by atoms with Gasteiger partial charge in [0.1, 0.15) is 5.82 Å². The van der Waals surface area contributed by atoms with Gasteiger partial charge in [0.15, 0.2) is 0 Å². The largest absolute Gasteiger partial charge is 0.383 e. The van der Waals surface area contributed by atoms with Crippen LogP contribution in [0.15, 0.2) is 35.4 Å². The van der Waals surface area contributed by atoms with Gasteiger partial charge in [-0.2, -0.15) is 5.10 Å². The number of ether oxygens (including phenoxy) is 1. The minimum atomic E-state index is -0.332. The molecular weight excluding hydrogens is 313 g/mol. The molecule has 2 aromatic rings. The Hall–Kier alpha value is -1.08. The summed E-state index contributed by atoms with van der Waals surface area (Å²) in [6, 6.07) is 6.30. The Balaban J connectivity index is 2.05. The number of thioether (sulfide) groups is 1. The molecule has 0 aliphatic rings. The highest BCUT2D eigenvalue weighted by molar-refractivity contribution is 7.99. The van der Waals surface area contributed by atoms with Crippen LogP contribution in [0, 0.1) is 5.82 Å². The van der Waals surface area contributed by atoms with Gasteiger partial charge in [-0.3, -0.25) is 4.68 Å². The molecule has 114 valence electrons. The molecule has 0 spiro atoms. The second-order valence-electron chi connectivity index (χ2n) is 4.44. The van der Waals surface area contributed by atoms with Gasteiger partial charge in [-0.25, -0.2) is 4.39 Å². The molecule has 4 nitrogen and oxygen atoms in total. The summed E-state index contributed by atoms with van der Waals surface area (Å²) in [6.45, 7) is 1.11.